The Bertz CT molecular complexity index is 1120. The number of nitrogens with one attached hydrogen (secondary N) is 1. The molecular weight excluding hydrogens is 356 g/mol. The molecule has 4 rings (SSSR count). The van der Waals surface area contributed by atoms with Crippen LogP contribution in [0.1, 0.15) is 15.9 Å². The van der Waals surface area contributed by atoms with Crippen molar-refractivity contribution in [1.82, 2.24) is 20.4 Å². The van der Waals surface area contributed by atoms with Gasteiger partial charge < -0.3 is 4.74 Å². The summed E-state index contributed by atoms with van der Waals surface area (Å²) in [6, 6.07) is 16.2. The van der Waals surface area contributed by atoms with Crippen LogP contribution in [0.5, 0.6) is 5.75 Å². The van der Waals surface area contributed by atoms with Crippen molar-refractivity contribution in [2.75, 3.05) is 0 Å². The van der Waals surface area contributed by atoms with E-state index in [1.54, 1.807) is 42.3 Å². The van der Waals surface area contributed by atoms with Crippen LogP contribution >= 0.6 is 0 Å². The van der Waals surface area contributed by atoms with Gasteiger partial charge in [-0.25, -0.2) is 10.5 Å². The van der Waals surface area contributed by atoms with E-state index in [-0.39, 0.29) is 0 Å². The predicted octanol–water partition coefficient (Wildman–Crippen LogP) is 3.39. The first kappa shape index (κ1) is 17.6. The number of hydroxylamine groups is 1. The average Bonchev–Trinajstić information content (AvgIpc) is 2.77. The maximum atomic E-state index is 11.6. The zero-order valence-electron chi connectivity index (χ0n) is 14.7. The molecule has 1 amide bonds. The molecule has 0 aliphatic heterocycles. The molecule has 0 saturated carbocycles. The zero-order chi connectivity index (χ0) is 19.3. The van der Waals surface area contributed by atoms with Gasteiger partial charge in [-0.15, -0.1) is 0 Å². The number of benzene rings is 2. The fourth-order valence-electron chi connectivity index (χ4n) is 2.72. The number of fused-ring (bicyclic) bond motifs is 1. The highest BCUT2D eigenvalue weighted by Crippen LogP contribution is 2.23. The molecule has 0 saturated heterocycles. The molecule has 138 valence electrons. The van der Waals surface area contributed by atoms with Crippen molar-refractivity contribution >= 4 is 16.9 Å². The number of hydrogen-bond donors (Lipinski definition) is 2. The summed E-state index contributed by atoms with van der Waals surface area (Å²) in [7, 11) is 0. The quantitative estimate of drug-likeness (QED) is 0.412. The van der Waals surface area contributed by atoms with E-state index in [1.165, 1.54) is 0 Å². The van der Waals surface area contributed by atoms with E-state index in [9.17, 15) is 4.79 Å². The second-order valence-corrected chi connectivity index (χ2v) is 6.07. The van der Waals surface area contributed by atoms with Gasteiger partial charge in [-0.1, -0.05) is 0 Å². The Morgan fingerprint density at radius 1 is 1.00 bits per heavy atom. The third-order valence-corrected chi connectivity index (χ3v) is 4.21. The molecule has 2 aromatic heterocycles. The van der Waals surface area contributed by atoms with Gasteiger partial charge in [-0.2, -0.15) is 0 Å². The summed E-state index contributed by atoms with van der Waals surface area (Å²) < 4.78 is 5.78. The van der Waals surface area contributed by atoms with E-state index in [2.05, 4.69) is 15.0 Å². The number of nitrogens with zero attached hydrogens (tertiary/aromatic N) is 3. The van der Waals surface area contributed by atoms with Gasteiger partial charge in [0.1, 0.15) is 12.4 Å². The molecule has 0 fully saturated rings. The molecule has 0 aliphatic rings. The summed E-state index contributed by atoms with van der Waals surface area (Å²) >= 11 is 0. The fourth-order valence-corrected chi connectivity index (χ4v) is 2.72. The second-order valence-electron chi connectivity index (χ2n) is 6.07. The first-order valence-corrected chi connectivity index (χ1v) is 8.56. The molecule has 0 spiro atoms. The van der Waals surface area contributed by atoms with Crippen molar-refractivity contribution in [2.45, 2.75) is 6.61 Å². The summed E-state index contributed by atoms with van der Waals surface area (Å²) in [6.07, 6.45) is 5.15. The molecule has 0 aliphatic carbocycles. The maximum Gasteiger partial charge on any atom is 0.274 e. The Morgan fingerprint density at radius 2 is 1.79 bits per heavy atom. The number of aromatic nitrogens is 3. The number of ether oxygens (including phenoxy) is 1. The fraction of sp³-hybridized carbons (Fsp3) is 0.0476. The van der Waals surface area contributed by atoms with Crippen LogP contribution in [0.25, 0.3) is 22.3 Å². The molecule has 0 atom stereocenters. The van der Waals surface area contributed by atoms with Gasteiger partial charge in [-0.3, -0.25) is 20.0 Å². The van der Waals surface area contributed by atoms with E-state index in [0.29, 0.717) is 28.9 Å². The van der Waals surface area contributed by atoms with Crippen molar-refractivity contribution in [2.24, 2.45) is 0 Å². The standard InChI is InChI=1S/C21H16N4O3/c26-21(25-27)16-3-6-18-19(11-16)24-20(12-23-18)15-1-4-17(5-2-15)28-13-14-7-9-22-10-8-14/h1-12,27H,13H2,(H,25,26). The van der Waals surface area contributed by atoms with E-state index < -0.39 is 5.91 Å². The summed E-state index contributed by atoms with van der Waals surface area (Å²) in [5.74, 6) is 0.154. The van der Waals surface area contributed by atoms with E-state index in [1.807, 2.05) is 36.4 Å². The lowest BCUT2D eigenvalue weighted by Gasteiger charge is -2.08. The smallest absolute Gasteiger partial charge is 0.274 e. The highest BCUT2D eigenvalue weighted by atomic mass is 16.5. The van der Waals surface area contributed by atoms with Crippen LogP contribution in [0.15, 0.2) is 73.2 Å². The van der Waals surface area contributed by atoms with Crippen LogP contribution in [0.4, 0.5) is 0 Å². The number of hydrogen-bond acceptors (Lipinski definition) is 6. The highest BCUT2D eigenvalue weighted by Gasteiger charge is 2.08. The lowest BCUT2D eigenvalue weighted by Crippen LogP contribution is -2.18. The molecule has 4 aromatic rings. The van der Waals surface area contributed by atoms with Crippen LogP contribution in [-0.2, 0) is 6.61 Å². The average molecular weight is 372 g/mol. The van der Waals surface area contributed by atoms with E-state index >= 15 is 0 Å². The molecule has 2 aromatic carbocycles. The Kier molecular flexibility index (Phi) is 4.90. The van der Waals surface area contributed by atoms with Gasteiger partial charge in [0.2, 0.25) is 0 Å². The summed E-state index contributed by atoms with van der Waals surface area (Å²) in [4.78, 5) is 24.5. The minimum absolute atomic E-state index is 0.307. The van der Waals surface area contributed by atoms with Gasteiger partial charge in [0.15, 0.2) is 0 Å². The minimum Gasteiger partial charge on any atom is -0.489 e. The number of rotatable bonds is 5. The maximum absolute atomic E-state index is 11.6. The van der Waals surface area contributed by atoms with Crippen molar-refractivity contribution < 1.29 is 14.7 Å². The second kappa shape index (κ2) is 7.81. The van der Waals surface area contributed by atoms with Gasteiger partial charge in [0.05, 0.1) is 22.9 Å². The Balaban J connectivity index is 1.54. The van der Waals surface area contributed by atoms with E-state index in [4.69, 9.17) is 9.94 Å². The van der Waals surface area contributed by atoms with Gasteiger partial charge in [-0.05, 0) is 60.2 Å². The number of carbonyl (C=O) groups is 1. The molecule has 28 heavy (non-hydrogen) atoms. The minimum atomic E-state index is -0.593. The topological polar surface area (TPSA) is 97.2 Å². The normalized spacial score (nSPS) is 10.6. The van der Waals surface area contributed by atoms with Crippen molar-refractivity contribution in [1.29, 1.82) is 0 Å². The lowest BCUT2D eigenvalue weighted by molar-refractivity contribution is 0.0706. The third-order valence-electron chi connectivity index (χ3n) is 4.21. The number of pyridine rings is 1. The lowest BCUT2D eigenvalue weighted by atomic mass is 10.1. The molecule has 0 radical (unpaired) electrons. The Morgan fingerprint density at radius 3 is 2.54 bits per heavy atom. The Hall–Kier alpha value is -3.84. The predicted molar refractivity (Wildman–Crippen MR) is 103 cm³/mol. The zero-order valence-corrected chi connectivity index (χ0v) is 14.7. The number of amides is 1. The van der Waals surface area contributed by atoms with Crippen molar-refractivity contribution in [3.8, 4) is 17.0 Å². The monoisotopic (exact) mass is 372 g/mol. The summed E-state index contributed by atoms with van der Waals surface area (Å²) in [5, 5.41) is 8.78. The Labute approximate surface area is 160 Å². The largest absolute Gasteiger partial charge is 0.489 e. The number of carbonyl (C=O) groups excluding carboxylic acids is 1. The first-order valence-electron chi connectivity index (χ1n) is 8.56. The molecule has 7 nitrogen and oxygen atoms in total. The molecule has 0 unspecified atom stereocenters. The molecule has 2 N–H and O–H groups in total. The molecule has 0 bridgehead atoms. The van der Waals surface area contributed by atoms with Crippen LogP contribution in [0, 0.1) is 0 Å². The molecule has 2 heterocycles. The summed E-state index contributed by atoms with van der Waals surface area (Å²) in [5.41, 5.74) is 5.75. The van der Waals surface area contributed by atoms with Gasteiger partial charge in [0, 0.05) is 23.5 Å². The van der Waals surface area contributed by atoms with Gasteiger partial charge in [0.25, 0.3) is 5.91 Å². The van der Waals surface area contributed by atoms with E-state index in [0.717, 1.165) is 16.9 Å². The van der Waals surface area contributed by atoms with Crippen molar-refractivity contribution in [3.05, 3.63) is 84.3 Å². The molecule has 7 heteroatoms. The van der Waals surface area contributed by atoms with Crippen LogP contribution < -0.4 is 10.2 Å². The van der Waals surface area contributed by atoms with Crippen LogP contribution in [0.3, 0.4) is 0 Å². The van der Waals surface area contributed by atoms with Crippen LogP contribution in [0.2, 0.25) is 0 Å². The highest BCUT2D eigenvalue weighted by molar-refractivity contribution is 5.96. The van der Waals surface area contributed by atoms with Crippen molar-refractivity contribution in [3.63, 3.8) is 0 Å². The molecular formula is C21H16N4O3. The third kappa shape index (κ3) is 3.79. The van der Waals surface area contributed by atoms with Gasteiger partial charge >= 0.3 is 0 Å². The van der Waals surface area contributed by atoms with Crippen LogP contribution in [-0.4, -0.2) is 26.1 Å². The summed E-state index contributed by atoms with van der Waals surface area (Å²) in [6.45, 7) is 0.466. The first-order chi connectivity index (χ1) is 13.7. The SMILES string of the molecule is O=C(NO)c1ccc2ncc(-c3ccc(OCc4ccncc4)cc3)nc2c1.